The molecule has 9 heteroatoms. The third kappa shape index (κ3) is 6.24. The summed E-state index contributed by atoms with van der Waals surface area (Å²) in [4.78, 5) is 48.2. The zero-order valence-corrected chi connectivity index (χ0v) is 26.4. The summed E-state index contributed by atoms with van der Waals surface area (Å²) in [6, 6.07) is 8.61. The van der Waals surface area contributed by atoms with Crippen molar-refractivity contribution in [2.24, 2.45) is 11.8 Å². The minimum atomic E-state index is -1.08. The fourth-order valence-electron chi connectivity index (χ4n) is 7.09. The molecule has 3 heterocycles. The van der Waals surface area contributed by atoms with Crippen LogP contribution in [0.2, 0.25) is 0 Å². The fourth-order valence-corrected chi connectivity index (χ4v) is 8.03. The molecule has 3 amide bonds. The van der Waals surface area contributed by atoms with Crippen LogP contribution < -0.4 is 4.90 Å². The number of rotatable bonds is 17. The van der Waals surface area contributed by atoms with Gasteiger partial charge in [0.05, 0.1) is 17.9 Å². The highest BCUT2D eigenvalue weighted by Gasteiger charge is 2.76. The number of anilines is 1. The van der Waals surface area contributed by atoms with Crippen molar-refractivity contribution < 1.29 is 24.2 Å². The molecule has 0 saturated carbocycles. The quantitative estimate of drug-likeness (QED) is 0.151. The standard InChI is InChI=1S/C33H46BrN3O5/c1-4-7-13-20-35(18-5-2)32(41)29-33-23-25(34)28(42-33)26(27(33)31(40)37(29)21-14-8-9-15-22-38)30(39)36(19-6-3)24-16-11-10-12-17-24/h5-6,10-12,16-17,25-29,38H,2-4,7-9,13-15,18-23H2,1H3/t25?,26-,27+,28-,29?,33?/m1/s1. The molecule has 1 N–H and O–H groups in total. The molecular weight excluding hydrogens is 598 g/mol. The Bertz CT molecular complexity index is 1120. The van der Waals surface area contributed by atoms with Gasteiger partial charge in [0.25, 0.3) is 0 Å². The highest BCUT2D eigenvalue weighted by molar-refractivity contribution is 9.09. The molecule has 42 heavy (non-hydrogen) atoms. The lowest BCUT2D eigenvalue weighted by atomic mass is 9.70. The maximum atomic E-state index is 14.4. The first-order chi connectivity index (χ1) is 20.4. The smallest absolute Gasteiger partial charge is 0.248 e. The number of fused-ring (bicyclic) bond motifs is 1. The Morgan fingerprint density at radius 3 is 2.45 bits per heavy atom. The first-order valence-corrected chi connectivity index (χ1v) is 16.4. The Balaban J connectivity index is 1.71. The van der Waals surface area contributed by atoms with Gasteiger partial charge in [0.1, 0.15) is 11.6 Å². The summed E-state index contributed by atoms with van der Waals surface area (Å²) in [5, 5.41) is 9.20. The van der Waals surface area contributed by atoms with Gasteiger partial charge in [-0.15, -0.1) is 13.2 Å². The van der Waals surface area contributed by atoms with Crippen LogP contribution in [0.3, 0.4) is 0 Å². The summed E-state index contributed by atoms with van der Waals surface area (Å²) in [5.41, 5.74) is -0.351. The van der Waals surface area contributed by atoms with E-state index in [0.717, 1.165) is 37.8 Å². The molecule has 230 valence electrons. The predicted octanol–water partition coefficient (Wildman–Crippen LogP) is 4.71. The third-order valence-electron chi connectivity index (χ3n) is 8.95. The van der Waals surface area contributed by atoms with Crippen molar-refractivity contribution in [2.45, 2.75) is 80.9 Å². The Morgan fingerprint density at radius 1 is 1.07 bits per heavy atom. The molecule has 3 aliphatic rings. The number of unbranched alkanes of at least 4 members (excludes halogenated alkanes) is 5. The van der Waals surface area contributed by atoms with Crippen molar-refractivity contribution >= 4 is 39.3 Å². The average molecular weight is 645 g/mol. The monoisotopic (exact) mass is 643 g/mol. The fraction of sp³-hybridized carbons (Fsp3) is 0.606. The second-order valence-electron chi connectivity index (χ2n) is 11.7. The number of hydrogen-bond donors (Lipinski definition) is 1. The van der Waals surface area contributed by atoms with Crippen molar-refractivity contribution in [3.8, 4) is 0 Å². The molecule has 3 aliphatic heterocycles. The second-order valence-corrected chi connectivity index (χ2v) is 12.9. The Kier molecular flexibility index (Phi) is 11.4. The zero-order chi connectivity index (χ0) is 30.3. The van der Waals surface area contributed by atoms with Crippen molar-refractivity contribution in [2.75, 3.05) is 37.7 Å². The van der Waals surface area contributed by atoms with Crippen LogP contribution in [0.25, 0.3) is 0 Å². The second kappa shape index (κ2) is 14.8. The number of aliphatic hydroxyl groups is 1. The summed E-state index contributed by atoms with van der Waals surface area (Å²) in [6.45, 7) is 11.7. The van der Waals surface area contributed by atoms with E-state index < -0.39 is 29.6 Å². The lowest BCUT2D eigenvalue weighted by Crippen LogP contribution is -2.57. The Morgan fingerprint density at radius 2 is 1.79 bits per heavy atom. The number of aliphatic hydroxyl groups excluding tert-OH is 1. The van der Waals surface area contributed by atoms with Gasteiger partial charge in [-0.2, -0.15) is 0 Å². The SMILES string of the molecule is C=CCN(CCCCC)C(=O)C1N(CCCCCCO)C(=O)[C@@H]2[C@@H](C(=O)N(CC=C)c3ccccc3)[C@@H]3OC12CC3Br. The number of alkyl halides is 1. The molecule has 0 aromatic heterocycles. The first kappa shape index (κ1) is 32.4. The summed E-state index contributed by atoms with van der Waals surface area (Å²) < 4.78 is 6.74. The number of nitrogens with zero attached hydrogens (tertiary/aromatic N) is 3. The molecule has 1 aromatic rings. The molecule has 3 unspecified atom stereocenters. The van der Waals surface area contributed by atoms with E-state index in [1.165, 1.54) is 0 Å². The van der Waals surface area contributed by atoms with E-state index >= 15 is 0 Å². The van der Waals surface area contributed by atoms with Crippen molar-refractivity contribution in [1.29, 1.82) is 0 Å². The van der Waals surface area contributed by atoms with Crippen LogP contribution in [0, 0.1) is 11.8 Å². The Hall–Kier alpha value is -2.49. The topological polar surface area (TPSA) is 90.4 Å². The molecule has 1 aromatic carbocycles. The molecule has 1 spiro atoms. The number of ether oxygens (including phenoxy) is 1. The zero-order valence-electron chi connectivity index (χ0n) is 24.8. The number of amides is 3. The molecule has 6 atom stereocenters. The van der Waals surface area contributed by atoms with Gasteiger partial charge in [0.2, 0.25) is 17.7 Å². The summed E-state index contributed by atoms with van der Waals surface area (Å²) >= 11 is 3.79. The number of hydrogen-bond acceptors (Lipinski definition) is 5. The van der Waals surface area contributed by atoms with Gasteiger partial charge in [0, 0.05) is 43.3 Å². The van der Waals surface area contributed by atoms with Crippen LogP contribution in [-0.2, 0) is 19.1 Å². The van der Waals surface area contributed by atoms with E-state index in [-0.39, 0.29) is 29.2 Å². The van der Waals surface area contributed by atoms with E-state index in [9.17, 15) is 19.5 Å². The number of halogens is 1. The van der Waals surface area contributed by atoms with Gasteiger partial charge in [-0.25, -0.2) is 0 Å². The molecule has 0 radical (unpaired) electrons. The normalized spacial score (nSPS) is 27.6. The maximum Gasteiger partial charge on any atom is 0.248 e. The van der Waals surface area contributed by atoms with Crippen molar-refractivity contribution in [1.82, 2.24) is 9.80 Å². The Labute approximate surface area is 258 Å². The summed E-state index contributed by atoms with van der Waals surface area (Å²) in [6.07, 6.45) is 9.40. The first-order valence-electron chi connectivity index (χ1n) is 15.5. The van der Waals surface area contributed by atoms with Gasteiger partial charge < -0.3 is 24.5 Å². The average Bonchev–Trinajstić information content (AvgIpc) is 3.58. The van der Waals surface area contributed by atoms with Crippen molar-refractivity contribution in [3.63, 3.8) is 0 Å². The molecular formula is C33H46BrN3O5. The number of likely N-dealkylation sites (tertiary alicyclic amines) is 1. The minimum Gasteiger partial charge on any atom is -0.396 e. The minimum absolute atomic E-state index is 0.128. The maximum absolute atomic E-state index is 14.4. The largest absolute Gasteiger partial charge is 0.396 e. The number of carbonyl (C=O) groups excluding carboxylic acids is 3. The summed E-state index contributed by atoms with van der Waals surface area (Å²) in [7, 11) is 0. The van der Waals surface area contributed by atoms with Gasteiger partial charge >= 0.3 is 0 Å². The van der Waals surface area contributed by atoms with Gasteiger partial charge in [-0.3, -0.25) is 14.4 Å². The molecule has 3 fully saturated rings. The van der Waals surface area contributed by atoms with Crippen LogP contribution in [0.4, 0.5) is 5.69 Å². The van der Waals surface area contributed by atoms with Crippen LogP contribution in [-0.4, -0.2) is 88.0 Å². The van der Waals surface area contributed by atoms with Crippen LogP contribution in [0.1, 0.15) is 58.3 Å². The number of benzene rings is 1. The number of para-hydroxylation sites is 1. The molecule has 4 rings (SSSR count). The van der Waals surface area contributed by atoms with Gasteiger partial charge in [-0.1, -0.05) is 78.9 Å². The highest BCUT2D eigenvalue weighted by Crippen LogP contribution is 2.60. The summed E-state index contributed by atoms with van der Waals surface area (Å²) in [5.74, 6) is -1.95. The van der Waals surface area contributed by atoms with E-state index in [1.807, 2.05) is 30.3 Å². The molecule has 0 aliphatic carbocycles. The van der Waals surface area contributed by atoms with Crippen LogP contribution in [0.5, 0.6) is 0 Å². The third-order valence-corrected chi connectivity index (χ3v) is 9.80. The molecule has 2 bridgehead atoms. The molecule has 3 saturated heterocycles. The van der Waals surface area contributed by atoms with Crippen LogP contribution >= 0.6 is 15.9 Å². The lowest BCUT2D eigenvalue weighted by molar-refractivity contribution is -0.147. The number of carbonyl (C=O) groups is 3. The predicted molar refractivity (Wildman–Crippen MR) is 168 cm³/mol. The van der Waals surface area contributed by atoms with E-state index in [1.54, 1.807) is 26.9 Å². The molecule has 8 nitrogen and oxygen atoms in total. The highest BCUT2D eigenvalue weighted by atomic mass is 79.9. The van der Waals surface area contributed by atoms with E-state index in [4.69, 9.17) is 4.74 Å². The van der Waals surface area contributed by atoms with E-state index in [0.29, 0.717) is 45.4 Å². The van der Waals surface area contributed by atoms with Gasteiger partial charge in [0.15, 0.2) is 0 Å². The van der Waals surface area contributed by atoms with E-state index in [2.05, 4.69) is 36.0 Å². The lowest BCUT2D eigenvalue weighted by Gasteiger charge is -2.37. The van der Waals surface area contributed by atoms with Crippen molar-refractivity contribution in [3.05, 3.63) is 55.6 Å². The van der Waals surface area contributed by atoms with Gasteiger partial charge in [-0.05, 0) is 37.8 Å². The van der Waals surface area contributed by atoms with Crippen LogP contribution in [0.15, 0.2) is 55.6 Å².